The molecular weight excluding hydrogens is 316 g/mol. The minimum atomic E-state index is -0.654. The molecule has 0 atom stereocenters. The predicted octanol–water partition coefficient (Wildman–Crippen LogP) is 2.59. The number of aromatic nitrogens is 1. The maximum atomic E-state index is 12.2. The molecule has 0 unspecified atom stereocenters. The SMILES string of the molecule is COC(=O)c1ccc([N+](=O)[O-])c(OCC(=O)c2cc(C)[nH]c2C)c1. The number of nitrogens with zero attached hydrogens (tertiary/aromatic N) is 1. The first kappa shape index (κ1) is 17.2. The van der Waals surface area contributed by atoms with Crippen LogP contribution in [0.2, 0.25) is 0 Å². The topological polar surface area (TPSA) is 112 Å². The van der Waals surface area contributed by atoms with E-state index in [1.165, 1.54) is 19.2 Å². The molecule has 0 bridgehead atoms. The van der Waals surface area contributed by atoms with Crippen LogP contribution in [0.25, 0.3) is 0 Å². The van der Waals surface area contributed by atoms with Crippen LogP contribution in [0.3, 0.4) is 0 Å². The number of nitrogens with one attached hydrogen (secondary N) is 1. The summed E-state index contributed by atoms with van der Waals surface area (Å²) in [7, 11) is 1.20. The molecule has 0 fully saturated rings. The molecule has 8 heteroatoms. The fourth-order valence-corrected chi connectivity index (χ4v) is 2.26. The molecule has 0 aliphatic carbocycles. The number of ketones is 1. The number of ether oxygens (including phenoxy) is 2. The first-order chi connectivity index (χ1) is 11.3. The molecule has 2 rings (SSSR count). The van der Waals surface area contributed by atoms with Crippen molar-refractivity contribution in [3.05, 3.63) is 56.9 Å². The lowest BCUT2D eigenvalue weighted by Crippen LogP contribution is -2.13. The van der Waals surface area contributed by atoms with E-state index in [9.17, 15) is 19.7 Å². The molecule has 1 N–H and O–H groups in total. The highest BCUT2D eigenvalue weighted by molar-refractivity contribution is 5.98. The zero-order chi connectivity index (χ0) is 17.9. The Hall–Kier alpha value is -3.16. The summed E-state index contributed by atoms with van der Waals surface area (Å²) in [5.41, 5.74) is 1.74. The molecule has 0 saturated carbocycles. The Morgan fingerprint density at radius 2 is 1.96 bits per heavy atom. The Bertz CT molecular complexity index is 809. The summed E-state index contributed by atoms with van der Waals surface area (Å²) in [5.74, 6) is -1.14. The zero-order valence-corrected chi connectivity index (χ0v) is 13.4. The number of hydrogen-bond donors (Lipinski definition) is 1. The lowest BCUT2D eigenvalue weighted by atomic mass is 10.1. The molecule has 8 nitrogen and oxygen atoms in total. The molecule has 0 spiro atoms. The molecule has 1 aromatic carbocycles. The second-order valence-electron chi connectivity index (χ2n) is 5.13. The Balaban J connectivity index is 2.24. The molecule has 0 saturated heterocycles. The quantitative estimate of drug-likeness (QED) is 0.376. The molecular formula is C16H16N2O6. The van der Waals surface area contributed by atoms with E-state index >= 15 is 0 Å². The van der Waals surface area contributed by atoms with Gasteiger partial charge in [-0.2, -0.15) is 0 Å². The predicted molar refractivity (Wildman–Crippen MR) is 84.5 cm³/mol. The summed E-state index contributed by atoms with van der Waals surface area (Å²) in [6, 6.07) is 5.27. The number of esters is 1. The van der Waals surface area contributed by atoms with Crippen LogP contribution in [-0.4, -0.2) is 35.4 Å². The summed E-state index contributed by atoms with van der Waals surface area (Å²) in [5, 5.41) is 11.1. The van der Waals surface area contributed by atoms with Crippen LogP contribution in [0, 0.1) is 24.0 Å². The van der Waals surface area contributed by atoms with Gasteiger partial charge in [-0.05, 0) is 26.0 Å². The fourth-order valence-electron chi connectivity index (χ4n) is 2.26. The van der Waals surface area contributed by atoms with Crippen LogP contribution in [0.5, 0.6) is 5.75 Å². The van der Waals surface area contributed by atoms with Crippen molar-refractivity contribution in [3.8, 4) is 5.75 Å². The van der Waals surface area contributed by atoms with E-state index in [1.54, 1.807) is 13.0 Å². The number of carbonyl (C=O) groups excluding carboxylic acids is 2. The van der Waals surface area contributed by atoms with Gasteiger partial charge in [-0.1, -0.05) is 0 Å². The highest BCUT2D eigenvalue weighted by Crippen LogP contribution is 2.28. The van der Waals surface area contributed by atoms with Crippen molar-refractivity contribution in [1.82, 2.24) is 4.98 Å². The lowest BCUT2D eigenvalue weighted by molar-refractivity contribution is -0.385. The summed E-state index contributed by atoms with van der Waals surface area (Å²) in [4.78, 5) is 37.2. The molecule has 126 valence electrons. The van der Waals surface area contributed by atoms with E-state index in [0.717, 1.165) is 11.8 Å². The van der Waals surface area contributed by atoms with Gasteiger partial charge >= 0.3 is 11.7 Å². The van der Waals surface area contributed by atoms with Crippen molar-refractivity contribution in [2.45, 2.75) is 13.8 Å². The van der Waals surface area contributed by atoms with Gasteiger partial charge < -0.3 is 14.5 Å². The van der Waals surface area contributed by atoms with Crippen molar-refractivity contribution in [2.24, 2.45) is 0 Å². The summed E-state index contributed by atoms with van der Waals surface area (Å²) < 4.78 is 9.87. The molecule has 0 radical (unpaired) electrons. The minimum Gasteiger partial charge on any atom is -0.478 e. The largest absolute Gasteiger partial charge is 0.478 e. The van der Waals surface area contributed by atoms with Crippen LogP contribution in [0.15, 0.2) is 24.3 Å². The number of aryl methyl sites for hydroxylation is 2. The van der Waals surface area contributed by atoms with Gasteiger partial charge in [0.25, 0.3) is 0 Å². The number of carbonyl (C=O) groups is 2. The van der Waals surface area contributed by atoms with Crippen molar-refractivity contribution >= 4 is 17.4 Å². The normalized spacial score (nSPS) is 10.3. The number of H-pyrrole nitrogens is 1. The van der Waals surface area contributed by atoms with E-state index in [0.29, 0.717) is 11.3 Å². The standard InChI is InChI=1S/C16H16N2O6/c1-9-6-12(10(2)17-9)14(19)8-24-15-7-11(16(20)23-3)4-5-13(15)18(21)22/h4-7,17H,8H2,1-3H3. The number of nitro benzene ring substituents is 1. The van der Waals surface area contributed by atoms with Gasteiger partial charge in [0.05, 0.1) is 17.6 Å². The molecule has 0 aliphatic rings. The van der Waals surface area contributed by atoms with Gasteiger partial charge in [0.2, 0.25) is 5.78 Å². The van der Waals surface area contributed by atoms with Gasteiger partial charge in [-0.25, -0.2) is 4.79 Å². The zero-order valence-electron chi connectivity index (χ0n) is 13.4. The Morgan fingerprint density at radius 1 is 1.25 bits per heavy atom. The van der Waals surface area contributed by atoms with Crippen LogP contribution in [0.4, 0.5) is 5.69 Å². The molecule has 1 heterocycles. The first-order valence-electron chi connectivity index (χ1n) is 7.02. The number of rotatable bonds is 6. The maximum Gasteiger partial charge on any atom is 0.337 e. The second-order valence-corrected chi connectivity index (χ2v) is 5.13. The van der Waals surface area contributed by atoms with Gasteiger partial charge in [0, 0.05) is 29.1 Å². The van der Waals surface area contributed by atoms with Crippen molar-refractivity contribution in [1.29, 1.82) is 0 Å². The Labute approximate surface area is 137 Å². The average Bonchev–Trinajstić information content (AvgIpc) is 2.89. The van der Waals surface area contributed by atoms with E-state index < -0.39 is 10.9 Å². The highest BCUT2D eigenvalue weighted by Gasteiger charge is 2.20. The molecule has 0 amide bonds. The third kappa shape index (κ3) is 3.60. The van der Waals surface area contributed by atoms with Gasteiger partial charge in [-0.3, -0.25) is 14.9 Å². The highest BCUT2D eigenvalue weighted by atomic mass is 16.6. The molecule has 1 aromatic heterocycles. The summed E-state index contributed by atoms with van der Waals surface area (Å²) in [6.45, 7) is 3.18. The smallest absolute Gasteiger partial charge is 0.337 e. The van der Waals surface area contributed by atoms with Crippen LogP contribution in [-0.2, 0) is 4.74 Å². The number of Topliss-reactive ketones (excluding diaryl/α,β-unsaturated/α-hetero) is 1. The van der Waals surface area contributed by atoms with Crippen molar-refractivity contribution < 1.29 is 24.0 Å². The number of nitro groups is 1. The van der Waals surface area contributed by atoms with Crippen molar-refractivity contribution in [2.75, 3.05) is 13.7 Å². The number of methoxy groups -OCH3 is 1. The molecule has 2 aromatic rings. The average molecular weight is 332 g/mol. The van der Waals surface area contributed by atoms with E-state index in [1.807, 2.05) is 6.92 Å². The third-order valence-corrected chi connectivity index (χ3v) is 3.39. The van der Waals surface area contributed by atoms with Gasteiger partial charge in [-0.15, -0.1) is 0 Å². The summed E-state index contributed by atoms with van der Waals surface area (Å²) >= 11 is 0. The minimum absolute atomic E-state index is 0.0965. The van der Waals surface area contributed by atoms with Crippen LogP contribution < -0.4 is 4.74 Å². The fraction of sp³-hybridized carbons (Fsp3) is 0.250. The van der Waals surface area contributed by atoms with Crippen molar-refractivity contribution in [3.63, 3.8) is 0 Å². The monoisotopic (exact) mass is 332 g/mol. The Kier molecular flexibility index (Phi) is 4.98. The van der Waals surface area contributed by atoms with E-state index in [4.69, 9.17) is 4.74 Å². The van der Waals surface area contributed by atoms with Crippen LogP contribution >= 0.6 is 0 Å². The Morgan fingerprint density at radius 3 is 2.50 bits per heavy atom. The van der Waals surface area contributed by atoms with Gasteiger partial charge in [0.15, 0.2) is 12.4 Å². The molecule has 0 aliphatic heterocycles. The lowest BCUT2D eigenvalue weighted by Gasteiger charge is -2.08. The first-order valence-corrected chi connectivity index (χ1v) is 7.02. The van der Waals surface area contributed by atoms with Crippen LogP contribution in [0.1, 0.15) is 32.1 Å². The number of hydrogen-bond acceptors (Lipinski definition) is 6. The third-order valence-electron chi connectivity index (χ3n) is 3.39. The summed E-state index contributed by atoms with van der Waals surface area (Å²) in [6.07, 6.45) is 0. The van der Waals surface area contributed by atoms with E-state index in [-0.39, 0.29) is 29.4 Å². The second kappa shape index (κ2) is 6.95. The van der Waals surface area contributed by atoms with Gasteiger partial charge in [0.1, 0.15) is 0 Å². The molecule has 24 heavy (non-hydrogen) atoms. The number of benzene rings is 1. The van der Waals surface area contributed by atoms with E-state index in [2.05, 4.69) is 9.72 Å². The maximum absolute atomic E-state index is 12.2. The number of aromatic amines is 1.